The monoisotopic (exact) mass is 329 g/mol. The molecular formula is C16H17FeO4-. The number of aliphatic hydroxyl groups excluding tert-OH is 1. The van der Waals surface area contributed by atoms with Crippen LogP contribution in [0.15, 0.2) is 78.8 Å². The maximum Gasteiger partial charge on any atom is 0.333 e. The van der Waals surface area contributed by atoms with Gasteiger partial charge < -0.3 is 14.6 Å². The van der Waals surface area contributed by atoms with Gasteiger partial charge in [0.25, 0.3) is 5.95 Å². The first-order valence-corrected chi connectivity index (χ1v) is 6.08. The van der Waals surface area contributed by atoms with Crippen molar-refractivity contribution in [1.82, 2.24) is 0 Å². The molecule has 0 fully saturated rings. The van der Waals surface area contributed by atoms with Gasteiger partial charge in [-0.2, -0.15) is 18.2 Å². The summed E-state index contributed by atoms with van der Waals surface area (Å²) in [6.45, 7) is 4.74. The van der Waals surface area contributed by atoms with E-state index in [2.05, 4.69) is 6.58 Å². The molecule has 0 aromatic heterocycles. The van der Waals surface area contributed by atoms with Crippen LogP contribution in [0.25, 0.3) is 0 Å². The molecule has 0 amide bonds. The molecule has 1 unspecified atom stereocenters. The van der Waals surface area contributed by atoms with Gasteiger partial charge in [0.2, 0.25) is 6.29 Å². The van der Waals surface area contributed by atoms with Crippen molar-refractivity contribution >= 4 is 5.97 Å². The van der Waals surface area contributed by atoms with Gasteiger partial charge in [0.1, 0.15) is 0 Å². The first-order chi connectivity index (χ1) is 9.63. The van der Waals surface area contributed by atoms with Gasteiger partial charge in [-0.25, -0.2) is 16.9 Å². The normalized spacial score (nSPS) is 12.5. The van der Waals surface area contributed by atoms with Crippen LogP contribution in [-0.2, 0) is 31.3 Å². The van der Waals surface area contributed by atoms with Crippen molar-refractivity contribution in [2.45, 2.75) is 13.2 Å². The summed E-state index contributed by atoms with van der Waals surface area (Å²) in [6.07, 6.45) is 7.05. The summed E-state index contributed by atoms with van der Waals surface area (Å²) in [4.78, 5) is 10.8. The molecule has 1 aromatic carbocycles. The zero-order valence-electron chi connectivity index (χ0n) is 11.6. The molecule has 1 N–H and O–H groups in total. The predicted molar refractivity (Wildman–Crippen MR) is 76.8 cm³/mol. The van der Waals surface area contributed by atoms with Crippen LogP contribution >= 0.6 is 0 Å². The van der Waals surface area contributed by atoms with Crippen LogP contribution in [0.3, 0.4) is 0 Å². The van der Waals surface area contributed by atoms with Gasteiger partial charge in [0.05, 0.1) is 5.57 Å². The van der Waals surface area contributed by atoms with Crippen LogP contribution < -0.4 is 0 Å². The molecule has 0 spiro atoms. The summed E-state index contributed by atoms with van der Waals surface area (Å²) in [5.74, 6) is -0.873. The van der Waals surface area contributed by atoms with Crippen molar-refractivity contribution in [3.05, 3.63) is 78.8 Å². The molecule has 0 saturated carbocycles. The van der Waals surface area contributed by atoms with E-state index in [1.807, 2.05) is 30.3 Å². The van der Waals surface area contributed by atoms with Crippen molar-refractivity contribution in [3.63, 3.8) is 0 Å². The first-order valence-electron chi connectivity index (χ1n) is 6.08. The van der Waals surface area contributed by atoms with Crippen LogP contribution in [0.2, 0.25) is 0 Å². The third kappa shape index (κ3) is 7.92. The second-order valence-electron chi connectivity index (χ2n) is 3.77. The van der Waals surface area contributed by atoms with Gasteiger partial charge in [-0.1, -0.05) is 18.7 Å². The second-order valence-corrected chi connectivity index (χ2v) is 3.77. The minimum Gasteiger partial charge on any atom is -0.480 e. The number of rotatable bonds is 4. The van der Waals surface area contributed by atoms with Gasteiger partial charge in [-0.05, 0) is 12.2 Å². The molecule has 1 aliphatic carbocycles. The van der Waals surface area contributed by atoms with Crippen molar-refractivity contribution < 1.29 is 36.4 Å². The molecule has 2 rings (SSSR count). The zero-order chi connectivity index (χ0) is 14.8. The van der Waals surface area contributed by atoms with Crippen molar-refractivity contribution in [3.8, 4) is 0 Å². The number of ether oxygens (including phenoxy) is 2. The van der Waals surface area contributed by atoms with Crippen molar-refractivity contribution in [1.29, 1.82) is 0 Å². The third-order valence-corrected chi connectivity index (χ3v) is 2.19. The van der Waals surface area contributed by atoms with Crippen LogP contribution in [-0.4, -0.2) is 17.4 Å². The Morgan fingerprint density at radius 2 is 1.86 bits per heavy atom. The Kier molecular flexibility index (Phi) is 9.59. The molecule has 0 aliphatic heterocycles. The quantitative estimate of drug-likeness (QED) is 0.230. The van der Waals surface area contributed by atoms with E-state index in [0.717, 1.165) is 6.08 Å². The summed E-state index contributed by atoms with van der Waals surface area (Å²) in [7, 11) is 0. The minimum absolute atomic E-state index is 0. The fourth-order valence-corrected chi connectivity index (χ4v) is 1.30. The smallest absolute Gasteiger partial charge is 0.333 e. The van der Waals surface area contributed by atoms with Gasteiger partial charge >= 0.3 is 5.97 Å². The van der Waals surface area contributed by atoms with E-state index in [1.165, 1.54) is 6.92 Å². The molecule has 114 valence electrons. The number of hydrogen-bond acceptors (Lipinski definition) is 4. The second kappa shape index (κ2) is 10.7. The van der Waals surface area contributed by atoms with Crippen LogP contribution in [0.5, 0.6) is 0 Å². The number of esters is 1. The number of hydrogen-bond donors (Lipinski definition) is 1. The molecule has 4 nitrogen and oxygen atoms in total. The fraction of sp³-hybridized carbons (Fsp3) is 0.125. The van der Waals surface area contributed by atoms with E-state index in [4.69, 9.17) is 9.47 Å². The number of allylic oxidation sites excluding steroid dienone is 5. The van der Waals surface area contributed by atoms with Gasteiger partial charge in [0, 0.05) is 30.1 Å². The molecule has 1 aliphatic rings. The fourth-order valence-electron chi connectivity index (χ4n) is 1.30. The van der Waals surface area contributed by atoms with Gasteiger partial charge in [-0.3, -0.25) is 0 Å². The van der Waals surface area contributed by atoms with Crippen LogP contribution in [0, 0.1) is 0 Å². The number of carbonyl (C=O) groups excluding carboxylic acids is 1. The topological polar surface area (TPSA) is 55.8 Å². The Hall–Kier alpha value is -2.10. The molecule has 0 radical (unpaired) electrons. The van der Waals surface area contributed by atoms with E-state index in [9.17, 15) is 9.90 Å². The Morgan fingerprint density at radius 3 is 2.29 bits per heavy atom. The maximum atomic E-state index is 10.8. The summed E-state index contributed by atoms with van der Waals surface area (Å²) in [5, 5.41) is 9.44. The standard InChI is InChI=1S/C11H12O4.C5H5.Fe/c1-3-10(12)14-8(2)15-11(13)9-6-4-5-7-9;1-2-4-5-3-1;/h3-8,13H,1H2,2H3;1-5H;/q;-1;. The molecule has 0 heterocycles. The van der Waals surface area contributed by atoms with E-state index < -0.39 is 12.3 Å². The molecule has 21 heavy (non-hydrogen) atoms. The van der Waals surface area contributed by atoms with Gasteiger partial charge in [0.15, 0.2) is 0 Å². The Bertz CT molecular complexity index is 481. The number of carbonyl (C=O) groups is 1. The molecule has 5 heteroatoms. The molecular weight excluding hydrogens is 312 g/mol. The zero-order valence-corrected chi connectivity index (χ0v) is 12.7. The molecule has 1 atom stereocenters. The Labute approximate surface area is 134 Å². The Balaban J connectivity index is 0.000000562. The van der Waals surface area contributed by atoms with E-state index in [1.54, 1.807) is 24.3 Å². The van der Waals surface area contributed by atoms with Crippen LogP contribution in [0.4, 0.5) is 0 Å². The average molecular weight is 329 g/mol. The SMILES string of the molecule is C=CC(=O)OC(C)OC(O)=C1C=CC=C1.[Fe].c1cc[cH-]c1. The summed E-state index contributed by atoms with van der Waals surface area (Å²) in [6, 6.07) is 10.0. The largest absolute Gasteiger partial charge is 0.480 e. The summed E-state index contributed by atoms with van der Waals surface area (Å²) >= 11 is 0. The Morgan fingerprint density at radius 1 is 1.29 bits per heavy atom. The third-order valence-electron chi connectivity index (χ3n) is 2.19. The van der Waals surface area contributed by atoms with Crippen LogP contribution in [0.1, 0.15) is 6.92 Å². The van der Waals surface area contributed by atoms with Crippen molar-refractivity contribution in [2.24, 2.45) is 0 Å². The predicted octanol–water partition coefficient (Wildman–Crippen LogP) is 3.38. The van der Waals surface area contributed by atoms with E-state index in [-0.39, 0.29) is 23.0 Å². The van der Waals surface area contributed by atoms with Gasteiger partial charge in [-0.15, -0.1) is 0 Å². The molecule has 1 aromatic rings. The average Bonchev–Trinajstić information content (AvgIpc) is 3.13. The minimum atomic E-state index is -0.856. The van der Waals surface area contributed by atoms with E-state index in [0.29, 0.717) is 5.57 Å². The van der Waals surface area contributed by atoms with Crippen molar-refractivity contribution in [2.75, 3.05) is 0 Å². The molecule has 0 saturated heterocycles. The summed E-state index contributed by atoms with van der Waals surface area (Å²) < 4.78 is 9.66. The molecule has 0 bridgehead atoms. The maximum absolute atomic E-state index is 10.8. The first kappa shape index (κ1) is 18.9. The summed E-state index contributed by atoms with van der Waals surface area (Å²) in [5.41, 5.74) is 0.538. The number of aliphatic hydroxyl groups is 1. The van der Waals surface area contributed by atoms with E-state index >= 15 is 0 Å².